The summed E-state index contributed by atoms with van der Waals surface area (Å²) in [6, 6.07) is 6.23. The quantitative estimate of drug-likeness (QED) is 0.496. The van der Waals surface area contributed by atoms with Crippen LogP contribution in [0.4, 0.5) is 4.79 Å². The van der Waals surface area contributed by atoms with Crippen LogP contribution in [0, 0.1) is 0 Å². The number of aromatic amines is 1. The molecule has 0 bridgehead atoms. The third-order valence-electron chi connectivity index (χ3n) is 4.94. The second-order valence-corrected chi connectivity index (χ2v) is 10.0. The Balaban J connectivity index is 1.45. The smallest absolute Gasteiger partial charge is 0.410 e. The van der Waals surface area contributed by atoms with Crippen molar-refractivity contribution in [2.75, 3.05) is 13.1 Å². The highest BCUT2D eigenvalue weighted by molar-refractivity contribution is 9.10. The maximum Gasteiger partial charge on any atom is 0.410 e. The van der Waals surface area contributed by atoms with E-state index in [1.807, 2.05) is 37.9 Å². The fourth-order valence-corrected chi connectivity index (χ4v) is 4.89. The van der Waals surface area contributed by atoms with Crippen molar-refractivity contribution in [2.24, 2.45) is 0 Å². The summed E-state index contributed by atoms with van der Waals surface area (Å²) in [5.41, 5.74) is 2.80. The minimum absolute atomic E-state index is 0.213. The van der Waals surface area contributed by atoms with Gasteiger partial charge in [-0.1, -0.05) is 15.9 Å². The van der Waals surface area contributed by atoms with Crippen LogP contribution in [0.25, 0.3) is 22.2 Å². The average Bonchev–Trinajstić information content (AvgIpc) is 3.26. The molecule has 5 nitrogen and oxygen atoms in total. The number of carbonyl (C=O) groups is 1. The third kappa shape index (κ3) is 4.10. The summed E-state index contributed by atoms with van der Waals surface area (Å²) < 4.78 is 6.55. The van der Waals surface area contributed by atoms with Crippen LogP contribution < -0.4 is 0 Å². The Labute approximate surface area is 177 Å². The number of aromatic nitrogens is 2. The van der Waals surface area contributed by atoms with E-state index in [0.29, 0.717) is 19.0 Å². The van der Waals surface area contributed by atoms with E-state index >= 15 is 0 Å². The van der Waals surface area contributed by atoms with E-state index in [9.17, 15) is 4.79 Å². The number of benzene rings is 1. The number of carbonyl (C=O) groups excluding carboxylic acids is 1. The number of nitrogens with zero attached hydrogens (tertiary/aromatic N) is 2. The van der Waals surface area contributed by atoms with Crippen molar-refractivity contribution in [1.82, 2.24) is 14.9 Å². The minimum Gasteiger partial charge on any atom is -0.444 e. The van der Waals surface area contributed by atoms with E-state index in [1.165, 1.54) is 5.39 Å². The Kier molecular flexibility index (Phi) is 5.22. The van der Waals surface area contributed by atoms with Crippen LogP contribution in [0.3, 0.4) is 0 Å². The normalized spacial score (nSPS) is 15.9. The summed E-state index contributed by atoms with van der Waals surface area (Å²) in [6.07, 6.45) is 3.66. The van der Waals surface area contributed by atoms with E-state index in [4.69, 9.17) is 9.72 Å². The van der Waals surface area contributed by atoms with Crippen molar-refractivity contribution in [3.8, 4) is 11.3 Å². The monoisotopic (exact) mass is 461 g/mol. The van der Waals surface area contributed by atoms with Gasteiger partial charge in [0.15, 0.2) is 0 Å². The number of piperidine rings is 1. The number of amides is 1. The molecule has 3 aromatic rings. The zero-order valence-corrected chi connectivity index (χ0v) is 18.7. The van der Waals surface area contributed by atoms with Gasteiger partial charge in [0.05, 0.1) is 10.7 Å². The van der Waals surface area contributed by atoms with E-state index in [2.05, 4.69) is 38.4 Å². The standard InChI is InChI=1S/C21H24BrN3O2S/c1-21(2,3)27-20(26)25-8-6-13(7-9-25)19-24-18(12-28-19)16-11-23-17-5-4-14(22)10-15(16)17/h4-5,10-13,23H,6-9H2,1-3H3. The number of ether oxygens (including phenoxy) is 1. The molecule has 4 rings (SSSR count). The molecule has 0 spiro atoms. The molecule has 1 fully saturated rings. The maximum absolute atomic E-state index is 12.3. The van der Waals surface area contributed by atoms with Crippen molar-refractivity contribution in [1.29, 1.82) is 0 Å². The molecule has 1 amide bonds. The van der Waals surface area contributed by atoms with Gasteiger partial charge in [-0.15, -0.1) is 11.3 Å². The molecule has 1 saturated heterocycles. The SMILES string of the molecule is CC(C)(C)OC(=O)N1CCC(c2nc(-c3c[nH]c4ccc(Br)cc34)cs2)CC1. The Morgan fingerprint density at radius 3 is 2.79 bits per heavy atom. The molecule has 1 N–H and O–H groups in total. The van der Waals surface area contributed by atoms with Gasteiger partial charge in [-0.3, -0.25) is 0 Å². The van der Waals surface area contributed by atoms with Gasteiger partial charge in [-0.05, 0) is 51.8 Å². The minimum atomic E-state index is -0.452. The molecule has 28 heavy (non-hydrogen) atoms. The number of hydrogen-bond acceptors (Lipinski definition) is 4. The lowest BCUT2D eigenvalue weighted by Crippen LogP contribution is -2.41. The van der Waals surface area contributed by atoms with Crippen LogP contribution in [-0.4, -0.2) is 39.7 Å². The summed E-state index contributed by atoms with van der Waals surface area (Å²) in [5.74, 6) is 0.398. The summed E-state index contributed by atoms with van der Waals surface area (Å²) in [7, 11) is 0. The number of halogens is 1. The molecular formula is C21H24BrN3O2S. The largest absolute Gasteiger partial charge is 0.444 e. The number of nitrogens with one attached hydrogen (secondary N) is 1. The van der Waals surface area contributed by atoms with Crippen LogP contribution in [0.15, 0.2) is 34.2 Å². The van der Waals surface area contributed by atoms with E-state index in [1.54, 1.807) is 11.3 Å². The fraction of sp³-hybridized carbons (Fsp3) is 0.429. The molecule has 2 aromatic heterocycles. The number of fused-ring (bicyclic) bond motifs is 1. The maximum atomic E-state index is 12.3. The zero-order valence-electron chi connectivity index (χ0n) is 16.3. The fourth-order valence-electron chi connectivity index (χ4n) is 3.54. The highest BCUT2D eigenvalue weighted by atomic mass is 79.9. The Hall–Kier alpha value is -1.86. The van der Waals surface area contributed by atoms with Gasteiger partial charge in [-0.25, -0.2) is 9.78 Å². The lowest BCUT2D eigenvalue weighted by molar-refractivity contribution is 0.0205. The van der Waals surface area contributed by atoms with Gasteiger partial charge in [0.2, 0.25) is 0 Å². The van der Waals surface area contributed by atoms with Crippen LogP contribution in [0.1, 0.15) is 44.5 Å². The summed E-state index contributed by atoms with van der Waals surface area (Å²) in [5, 5.41) is 4.47. The number of hydrogen-bond donors (Lipinski definition) is 1. The van der Waals surface area contributed by atoms with Crippen LogP contribution in [0.2, 0.25) is 0 Å². The van der Waals surface area contributed by atoms with Crippen molar-refractivity contribution < 1.29 is 9.53 Å². The molecule has 0 radical (unpaired) electrons. The van der Waals surface area contributed by atoms with E-state index in [0.717, 1.165) is 39.1 Å². The first-order valence-corrected chi connectivity index (χ1v) is 11.2. The van der Waals surface area contributed by atoms with Gasteiger partial charge in [0, 0.05) is 51.5 Å². The second kappa shape index (κ2) is 7.52. The lowest BCUT2D eigenvalue weighted by Gasteiger charge is -2.32. The van der Waals surface area contributed by atoms with Crippen molar-refractivity contribution in [2.45, 2.75) is 45.1 Å². The van der Waals surface area contributed by atoms with E-state index < -0.39 is 5.60 Å². The first kappa shape index (κ1) is 19.5. The number of thiazole rings is 1. The first-order valence-electron chi connectivity index (χ1n) is 9.50. The summed E-state index contributed by atoms with van der Waals surface area (Å²) >= 11 is 5.27. The Morgan fingerprint density at radius 2 is 2.07 bits per heavy atom. The molecule has 1 aliphatic heterocycles. The number of H-pyrrole nitrogens is 1. The Morgan fingerprint density at radius 1 is 1.32 bits per heavy atom. The molecular weight excluding hydrogens is 438 g/mol. The van der Waals surface area contributed by atoms with Crippen LogP contribution >= 0.6 is 27.3 Å². The molecule has 1 aliphatic rings. The van der Waals surface area contributed by atoms with Crippen molar-refractivity contribution in [3.05, 3.63) is 39.3 Å². The zero-order chi connectivity index (χ0) is 19.9. The molecule has 7 heteroatoms. The number of rotatable bonds is 2. The second-order valence-electron chi connectivity index (χ2n) is 8.20. The lowest BCUT2D eigenvalue weighted by atomic mass is 9.98. The van der Waals surface area contributed by atoms with Gasteiger partial charge in [0.25, 0.3) is 0 Å². The molecule has 0 unspecified atom stereocenters. The van der Waals surface area contributed by atoms with Crippen LogP contribution in [-0.2, 0) is 4.74 Å². The van der Waals surface area contributed by atoms with Gasteiger partial charge in [-0.2, -0.15) is 0 Å². The highest BCUT2D eigenvalue weighted by Gasteiger charge is 2.28. The molecule has 148 valence electrons. The molecule has 0 atom stereocenters. The summed E-state index contributed by atoms with van der Waals surface area (Å²) in [6.45, 7) is 7.14. The topological polar surface area (TPSA) is 58.2 Å². The summed E-state index contributed by atoms with van der Waals surface area (Å²) in [4.78, 5) is 22.3. The third-order valence-corrected chi connectivity index (χ3v) is 6.44. The molecule has 1 aromatic carbocycles. The predicted octanol–water partition coefficient (Wildman–Crippen LogP) is 6.17. The molecule has 0 saturated carbocycles. The predicted molar refractivity (Wildman–Crippen MR) is 117 cm³/mol. The first-order chi connectivity index (χ1) is 13.3. The van der Waals surface area contributed by atoms with Crippen molar-refractivity contribution >= 4 is 44.3 Å². The number of likely N-dealkylation sites (tertiary alicyclic amines) is 1. The van der Waals surface area contributed by atoms with Gasteiger partial charge < -0.3 is 14.6 Å². The van der Waals surface area contributed by atoms with Gasteiger partial charge in [0.1, 0.15) is 5.60 Å². The molecule has 3 heterocycles. The average molecular weight is 462 g/mol. The molecule has 0 aliphatic carbocycles. The van der Waals surface area contributed by atoms with E-state index in [-0.39, 0.29) is 6.09 Å². The Bertz CT molecular complexity index is 997. The van der Waals surface area contributed by atoms with Gasteiger partial charge >= 0.3 is 6.09 Å². The van der Waals surface area contributed by atoms with Crippen molar-refractivity contribution in [3.63, 3.8) is 0 Å². The highest BCUT2D eigenvalue weighted by Crippen LogP contribution is 2.36. The van der Waals surface area contributed by atoms with Crippen LogP contribution in [0.5, 0.6) is 0 Å².